The average Bonchev–Trinajstić information content (AvgIpc) is 2.72. The van der Waals surface area contributed by atoms with E-state index in [4.69, 9.17) is 0 Å². The van der Waals surface area contributed by atoms with Gasteiger partial charge in [0.1, 0.15) is 17.5 Å². The topological polar surface area (TPSA) is 61.3 Å². The van der Waals surface area contributed by atoms with E-state index >= 15 is 0 Å². The zero-order valence-corrected chi connectivity index (χ0v) is 10.5. The quantitative estimate of drug-likeness (QED) is 0.822. The number of β-amino-alcohol motifs (C(OH)–C–C–N with tert-alkyl or cyclic N) is 1. The van der Waals surface area contributed by atoms with Crippen LogP contribution in [0.25, 0.3) is 0 Å². The van der Waals surface area contributed by atoms with Gasteiger partial charge in [0, 0.05) is 25.7 Å². The third kappa shape index (κ3) is 3.06. The number of nitrogens with zero attached hydrogens (tertiary/aromatic N) is 3. The maximum atomic E-state index is 9.54. The lowest BCUT2D eigenvalue weighted by Crippen LogP contribution is -2.23. The Morgan fingerprint density at radius 3 is 3.00 bits per heavy atom. The molecule has 1 aromatic heterocycles. The second kappa shape index (κ2) is 5.31. The van der Waals surface area contributed by atoms with Crippen LogP contribution < -0.4 is 10.2 Å². The molecule has 5 nitrogen and oxygen atoms in total. The molecule has 2 rings (SSSR count). The number of nitrogens with one attached hydrogen (secondary N) is 1. The molecule has 1 fully saturated rings. The smallest absolute Gasteiger partial charge is 0.134 e. The minimum atomic E-state index is -0.225. The van der Waals surface area contributed by atoms with Crippen molar-refractivity contribution in [2.45, 2.75) is 32.8 Å². The Bertz CT molecular complexity index is 383. The van der Waals surface area contributed by atoms with Crippen LogP contribution in [0.15, 0.2) is 6.07 Å². The molecule has 0 radical (unpaired) electrons. The minimum Gasteiger partial charge on any atom is -0.391 e. The first-order valence-electron chi connectivity index (χ1n) is 6.21. The van der Waals surface area contributed by atoms with Crippen molar-refractivity contribution >= 4 is 11.6 Å². The highest BCUT2D eigenvalue weighted by Gasteiger charge is 2.21. The van der Waals surface area contributed by atoms with Gasteiger partial charge >= 0.3 is 0 Å². The minimum absolute atomic E-state index is 0.225. The molecule has 17 heavy (non-hydrogen) atoms. The van der Waals surface area contributed by atoms with E-state index in [2.05, 4.69) is 27.1 Å². The zero-order chi connectivity index (χ0) is 12.3. The van der Waals surface area contributed by atoms with Crippen LogP contribution in [-0.4, -0.2) is 40.8 Å². The second-order valence-electron chi connectivity index (χ2n) is 4.47. The molecule has 1 aliphatic heterocycles. The third-order valence-corrected chi connectivity index (χ3v) is 2.87. The molecule has 1 unspecified atom stereocenters. The Labute approximate surface area is 102 Å². The molecule has 2 heterocycles. The van der Waals surface area contributed by atoms with Crippen molar-refractivity contribution in [3.63, 3.8) is 0 Å². The zero-order valence-electron chi connectivity index (χ0n) is 10.5. The van der Waals surface area contributed by atoms with E-state index in [0.29, 0.717) is 6.54 Å². The van der Waals surface area contributed by atoms with Crippen LogP contribution in [0.5, 0.6) is 0 Å². The molecule has 1 saturated heterocycles. The number of hydrogen-bond acceptors (Lipinski definition) is 5. The standard InChI is InChI=1S/C12H20N4O/c1-3-5-13-11-7-12(15-9(2)14-11)16-6-4-10(17)8-16/h7,10,17H,3-6,8H2,1-2H3,(H,13,14,15). The molecule has 1 aromatic rings. The van der Waals surface area contributed by atoms with Crippen molar-refractivity contribution < 1.29 is 5.11 Å². The normalized spacial score (nSPS) is 19.7. The summed E-state index contributed by atoms with van der Waals surface area (Å²) < 4.78 is 0. The SMILES string of the molecule is CCCNc1cc(N2CCC(O)C2)nc(C)n1. The van der Waals surface area contributed by atoms with E-state index in [-0.39, 0.29) is 6.10 Å². The lowest BCUT2D eigenvalue weighted by molar-refractivity contribution is 0.198. The Morgan fingerprint density at radius 1 is 1.53 bits per heavy atom. The molecule has 0 spiro atoms. The van der Waals surface area contributed by atoms with Crippen molar-refractivity contribution in [1.29, 1.82) is 0 Å². The number of aryl methyl sites for hydroxylation is 1. The Morgan fingerprint density at radius 2 is 2.35 bits per heavy atom. The lowest BCUT2D eigenvalue weighted by atomic mass is 10.3. The van der Waals surface area contributed by atoms with Crippen molar-refractivity contribution in [3.8, 4) is 0 Å². The van der Waals surface area contributed by atoms with Crippen LogP contribution in [-0.2, 0) is 0 Å². The first-order valence-corrected chi connectivity index (χ1v) is 6.21. The van der Waals surface area contributed by atoms with Crippen LogP contribution in [0.4, 0.5) is 11.6 Å². The molecule has 5 heteroatoms. The highest BCUT2D eigenvalue weighted by atomic mass is 16.3. The molecule has 0 bridgehead atoms. The Balaban J connectivity index is 2.13. The largest absolute Gasteiger partial charge is 0.391 e. The number of rotatable bonds is 4. The van der Waals surface area contributed by atoms with Gasteiger partial charge in [-0.3, -0.25) is 0 Å². The van der Waals surface area contributed by atoms with Crippen molar-refractivity contribution in [3.05, 3.63) is 11.9 Å². The van der Waals surface area contributed by atoms with Gasteiger partial charge in [0.15, 0.2) is 0 Å². The summed E-state index contributed by atoms with van der Waals surface area (Å²) in [6.45, 7) is 6.47. The molecule has 1 aliphatic rings. The molecule has 1 atom stereocenters. The van der Waals surface area contributed by atoms with Gasteiger partial charge in [-0.1, -0.05) is 6.92 Å². The number of hydrogen-bond donors (Lipinski definition) is 2. The number of aliphatic hydroxyl groups excluding tert-OH is 1. The monoisotopic (exact) mass is 236 g/mol. The summed E-state index contributed by atoms with van der Waals surface area (Å²) in [5, 5.41) is 12.8. The molecular weight excluding hydrogens is 216 g/mol. The van der Waals surface area contributed by atoms with E-state index in [1.54, 1.807) is 0 Å². The molecule has 0 amide bonds. The van der Waals surface area contributed by atoms with E-state index in [0.717, 1.165) is 43.4 Å². The second-order valence-corrected chi connectivity index (χ2v) is 4.47. The molecule has 2 N–H and O–H groups in total. The maximum Gasteiger partial charge on any atom is 0.134 e. The van der Waals surface area contributed by atoms with Crippen LogP contribution in [0.1, 0.15) is 25.6 Å². The van der Waals surface area contributed by atoms with Gasteiger partial charge in [0.25, 0.3) is 0 Å². The molecule has 0 aromatic carbocycles. The Kier molecular flexibility index (Phi) is 3.78. The fourth-order valence-electron chi connectivity index (χ4n) is 2.01. The highest BCUT2D eigenvalue weighted by molar-refractivity contribution is 5.50. The van der Waals surface area contributed by atoms with Crippen LogP contribution in [0.2, 0.25) is 0 Å². The molecule has 94 valence electrons. The fraction of sp³-hybridized carbons (Fsp3) is 0.667. The van der Waals surface area contributed by atoms with Crippen LogP contribution >= 0.6 is 0 Å². The first-order chi connectivity index (χ1) is 8.19. The van der Waals surface area contributed by atoms with Crippen molar-refractivity contribution in [2.75, 3.05) is 29.9 Å². The summed E-state index contributed by atoms with van der Waals surface area (Å²) in [6, 6.07) is 1.96. The number of aliphatic hydroxyl groups is 1. The molecule has 0 aliphatic carbocycles. The predicted molar refractivity (Wildman–Crippen MR) is 68.4 cm³/mol. The fourth-order valence-corrected chi connectivity index (χ4v) is 2.01. The third-order valence-electron chi connectivity index (χ3n) is 2.87. The molecule has 0 saturated carbocycles. The van der Waals surface area contributed by atoms with Crippen molar-refractivity contribution in [2.24, 2.45) is 0 Å². The summed E-state index contributed by atoms with van der Waals surface area (Å²) >= 11 is 0. The summed E-state index contributed by atoms with van der Waals surface area (Å²) in [7, 11) is 0. The van der Waals surface area contributed by atoms with E-state index in [1.165, 1.54) is 0 Å². The lowest BCUT2D eigenvalue weighted by Gasteiger charge is -2.18. The average molecular weight is 236 g/mol. The van der Waals surface area contributed by atoms with Gasteiger partial charge in [-0.15, -0.1) is 0 Å². The van der Waals surface area contributed by atoms with Gasteiger partial charge in [-0.2, -0.15) is 0 Å². The summed E-state index contributed by atoms with van der Waals surface area (Å²) in [6.07, 6.45) is 1.67. The van der Waals surface area contributed by atoms with Crippen LogP contribution in [0, 0.1) is 6.92 Å². The van der Waals surface area contributed by atoms with Gasteiger partial charge in [0.2, 0.25) is 0 Å². The number of anilines is 2. The van der Waals surface area contributed by atoms with E-state index < -0.39 is 0 Å². The maximum absolute atomic E-state index is 9.54. The van der Waals surface area contributed by atoms with E-state index in [1.807, 2.05) is 13.0 Å². The predicted octanol–water partition coefficient (Wildman–Crippen LogP) is 1.18. The van der Waals surface area contributed by atoms with E-state index in [9.17, 15) is 5.11 Å². The van der Waals surface area contributed by atoms with Gasteiger partial charge in [-0.25, -0.2) is 9.97 Å². The van der Waals surface area contributed by atoms with Gasteiger partial charge in [-0.05, 0) is 19.8 Å². The summed E-state index contributed by atoms with van der Waals surface area (Å²) in [5.41, 5.74) is 0. The van der Waals surface area contributed by atoms with Crippen LogP contribution in [0.3, 0.4) is 0 Å². The van der Waals surface area contributed by atoms with Crippen molar-refractivity contribution in [1.82, 2.24) is 9.97 Å². The number of aromatic nitrogens is 2. The van der Waals surface area contributed by atoms with Gasteiger partial charge in [0.05, 0.1) is 6.10 Å². The highest BCUT2D eigenvalue weighted by Crippen LogP contribution is 2.20. The summed E-state index contributed by atoms with van der Waals surface area (Å²) in [4.78, 5) is 10.9. The van der Waals surface area contributed by atoms with Gasteiger partial charge < -0.3 is 15.3 Å². The Hall–Kier alpha value is -1.36. The molecular formula is C12H20N4O. The summed E-state index contributed by atoms with van der Waals surface area (Å²) in [5.74, 6) is 2.55. The first kappa shape index (κ1) is 12.1.